The zero-order chi connectivity index (χ0) is 15.4. The molecule has 2 heterocycles. The van der Waals surface area contributed by atoms with Crippen LogP contribution in [0.2, 0.25) is 0 Å². The van der Waals surface area contributed by atoms with Gasteiger partial charge >= 0.3 is 0 Å². The number of ether oxygens (including phenoxy) is 1. The van der Waals surface area contributed by atoms with Gasteiger partial charge in [0.25, 0.3) is 5.88 Å². The average molecular weight is 293 g/mol. The van der Waals surface area contributed by atoms with E-state index in [1.165, 1.54) is 6.33 Å². The van der Waals surface area contributed by atoms with Crippen molar-refractivity contribution in [1.29, 1.82) is 0 Å². The maximum atomic E-state index is 14.0. The zero-order valence-electron chi connectivity index (χ0n) is 12.6. The fourth-order valence-electron chi connectivity index (χ4n) is 2.24. The summed E-state index contributed by atoms with van der Waals surface area (Å²) in [6.07, 6.45) is 3.84. The molecule has 1 aliphatic heterocycles. The number of carbonyl (C=O) groups excluding carboxylic acids is 1. The van der Waals surface area contributed by atoms with Crippen LogP contribution in [0, 0.1) is 5.82 Å². The Morgan fingerprint density at radius 1 is 1.52 bits per heavy atom. The molecule has 0 aliphatic carbocycles. The summed E-state index contributed by atoms with van der Waals surface area (Å²) in [6, 6.07) is 0. The van der Waals surface area contributed by atoms with Gasteiger partial charge in [-0.25, -0.2) is 4.98 Å². The van der Waals surface area contributed by atoms with Gasteiger partial charge < -0.3 is 9.64 Å². The van der Waals surface area contributed by atoms with Gasteiger partial charge in [0.2, 0.25) is 11.7 Å². The van der Waals surface area contributed by atoms with Crippen LogP contribution >= 0.6 is 0 Å². The number of hydrogen-bond donors (Lipinski definition) is 0. The summed E-state index contributed by atoms with van der Waals surface area (Å²) in [4.78, 5) is 21.3. The molecule has 0 N–H and O–H groups in total. The lowest BCUT2D eigenvalue weighted by Gasteiger charge is -2.16. The number of nitrogens with zero attached hydrogens (tertiary/aromatic N) is 3. The first kappa shape index (κ1) is 15.4. The second kappa shape index (κ2) is 6.65. The van der Waals surface area contributed by atoms with Crippen LogP contribution in [-0.4, -0.2) is 40.0 Å². The van der Waals surface area contributed by atoms with Gasteiger partial charge in [0, 0.05) is 19.0 Å². The lowest BCUT2D eigenvalue weighted by Crippen LogP contribution is -2.30. The minimum atomic E-state index is -0.505. The predicted molar refractivity (Wildman–Crippen MR) is 76.4 cm³/mol. The Hall–Kier alpha value is -1.98. The Kier molecular flexibility index (Phi) is 4.88. The van der Waals surface area contributed by atoms with Crippen LogP contribution in [0.3, 0.4) is 0 Å². The summed E-state index contributed by atoms with van der Waals surface area (Å²) in [7, 11) is 0. The van der Waals surface area contributed by atoms with Crippen LogP contribution in [-0.2, 0) is 11.2 Å². The van der Waals surface area contributed by atoms with Crippen LogP contribution in [0.25, 0.3) is 0 Å². The van der Waals surface area contributed by atoms with Crippen LogP contribution < -0.4 is 4.74 Å². The molecule has 0 radical (unpaired) electrons. The topological polar surface area (TPSA) is 55.3 Å². The van der Waals surface area contributed by atoms with E-state index in [0.29, 0.717) is 31.6 Å². The van der Waals surface area contributed by atoms with Gasteiger partial charge in [0.15, 0.2) is 0 Å². The highest BCUT2D eigenvalue weighted by Gasteiger charge is 2.28. The molecule has 2 rings (SSSR count). The van der Waals surface area contributed by atoms with Gasteiger partial charge in [-0.2, -0.15) is 9.37 Å². The van der Waals surface area contributed by atoms with Crippen molar-refractivity contribution >= 4 is 5.91 Å². The maximum Gasteiger partial charge on any atom is 0.254 e. The number of halogens is 1. The Balaban J connectivity index is 2.00. The summed E-state index contributed by atoms with van der Waals surface area (Å²) >= 11 is 0. The highest BCUT2D eigenvalue weighted by Crippen LogP contribution is 2.21. The lowest BCUT2D eigenvalue weighted by atomic mass is 10.3. The van der Waals surface area contributed by atoms with E-state index < -0.39 is 5.82 Å². The van der Waals surface area contributed by atoms with E-state index >= 15 is 0 Å². The Morgan fingerprint density at radius 2 is 2.29 bits per heavy atom. The number of aromatic nitrogens is 2. The molecule has 0 saturated carbocycles. The van der Waals surface area contributed by atoms with E-state index in [4.69, 9.17) is 4.74 Å². The predicted octanol–water partition coefficient (Wildman–Crippen LogP) is 2.12. The highest BCUT2D eigenvalue weighted by molar-refractivity contribution is 5.88. The van der Waals surface area contributed by atoms with Crippen LogP contribution in [0.5, 0.6) is 5.88 Å². The fraction of sp³-hybridized carbons (Fsp3) is 0.533. The molecule has 0 aromatic carbocycles. The third-order valence-corrected chi connectivity index (χ3v) is 3.31. The Morgan fingerprint density at radius 3 is 2.95 bits per heavy atom. The second-order valence-corrected chi connectivity index (χ2v) is 5.33. The molecule has 6 heteroatoms. The van der Waals surface area contributed by atoms with Crippen molar-refractivity contribution < 1.29 is 13.9 Å². The van der Waals surface area contributed by atoms with Gasteiger partial charge in [0.1, 0.15) is 12.4 Å². The quantitative estimate of drug-likeness (QED) is 0.798. The second-order valence-electron chi connectivity index (χ2n) is 5.33. The summed E-state index contributed by atoms with van der Waals surface area (Å²) in [5, 5.41) is 0. The van der Waals surface area contributed by atoms with Gasteiger partial charge in [-0.05, 0) is 20.3 Å². The van der Waals surface area contributed by atoms with Crippen molar-refractivity contribution in [2.24, 2.45) is 0 Å². The van der Waals surface area contributed by atoms with E-state index in [1.807, 2.05) is 20.8 Å². The van der Waals surface area contributed by atoms with E-state index in [2.05, 4.69) is 9.97 Å². The molecule has 1 aliphatic rings. The fourth-order valence-corrected chi connectivity index (χ4v) is 2.24. The van der Waals surface area contributed by atoms with Crippen molar-refractivity contribution in [3.05, 3.63) is 29.5 Å². The number of rotatable bonds is 4. The maximum absolute atomic E-state index is 14.0. The minimum absolute atomic E-state index is 0.0247. The standard InChI is InChI=1S/C15H20FN3O2/c1-4-12-14(16)15(18-9-17-12)21-11-5-6-19(8-11)13(20)7-10(2)3/h7,9,11H,4-6,8H2,1-3H3/t11-/m1/s1. The molecule has 0 unspecified atom stereocenters. The van der Waals surface area contributed by atoms with Crippen molar-refractivity contribution in [1.82, 2.24) is 14.9 Å². The monoisotopic (exact) mass is 293 g/mol. The first-order valence-electron chi connectivity index (χ1n) is 7.11. The van der Waals surface area contributed by atoms with Crippen molar-refractivity contribution in [2.75, 3.05) is 13.1 Å². The van der Waals surface area contributed by atoms with Gasteiger partial charge in [-0.1, -0.05) is 12.5 Å². The normalized spacial score (nSPS) is 17.7. The molecule has 1 fully saturated rings. The Labute approximate surface area is 123 Å². The third-order valence-electron chi connectivity index (χ3n) is 3.31. The summed E-state index contributed by atoms with van der Waals surface area (Å²) in [6.45, 7) is 6.65. The van der Waals surface area contributed by atoms with Crippen molar-refractivity contribution in [2.45, 2.75) is 39.7 Å². The van der Waals surface area contributed by atoms with E-state index in [-0.39, 0.29) is 17.9 Å². The Bertz CT molecular complexity index is 556. The van der Waals surface area contributed by atoms with E-state index in [0.717, 1.165) is 5.57 Å². The molecular formula is C15H20FN3O2. The SMILES string of the molecule is CCc1ncnc(O[C@@H]2CCN(C(=O)C=C(C)C)C2)c1F. The molecule has 1 aromatic heterocycles. The largest absolute Gasteiger partial charge is 0.470 e. The summed E-state index contributed by atoms with van der Waals surface area (Å²) in [5.41, 5.74) is 1.30. The third kappa shape index (κ3) is 3.77. The lowest BCUT2D eigenvalue weighted by molar-refractivity contribution is -0.125. The van der Waals surface area contributed by atoms with Crippen LogP contribution in [0.15, 0.2) is 18.0 Å². The van der Waals surface area contributed by atoms with Gasteiger partial charge in [-0.3, -0.25) is 4.79 Å². The highest BCUT2D eigenvalue weighted by atomic mass is 19.1. The molecule has 114 valence electrons. The first-order valence-corrected chi connectivity index (χ1v) is 7.11. The van der Waals surface area contributed by atoms with E-state index in [9.17, 15) is 9.18 Å². The van der Waals surface area contributed by atoms with Crippen molar-refractivity contribution in [3.8, 4) is 5.88 Å². The first-order chi connectivity index (χ1) is 10.0. The van der Waals surface area contributed by atoms with Crippen LogP contribution in [0.4, 0.5) is 4.39 Å². The molecule has 1 amide bonds. The molecule has 21 heavy (non-hydrogen) atoms. The average Bonchev–Trinajstić information content (AvgIpc) is 2.89. The van der Waals surface area contributed by atoms with Crippen LogP contribution in [0.1, 0.15) is 32.9 Å². The van der Waals surface area contributed by atoms with Crippen molar-refractivity contribution in [3.63, 3.8) is 0 Å². The number of aryl methyl sites for hydroxylation is 1. The van der Waals surface area contributed by atoms with Gasteiger partial charge in [0.05, 0.1) is 12.2 Å². The molecule has 0 bridgehead atoms. The summed E-state index contributed by atoms with van der Waals surface area (Å²) in [5.74, 6) is -0.559. The molecule has 0 spiro atoms. The van der Waals surface area contributed by atoms with E-state index in [1.54, 1.807) is 11.0 Å². The molecule has 1 aromatic rings. The van der Waals surface area contributed by atoms with Gasteiger partial charge in [-0.15, -0.1) is 0 Å². The number of likely N-dealkylation sites (tertiary alicyclic amines) is 1. The molecular weight excluding hydrogens is 273 g/mol. The number of carbonyl (C=O) groups is 1. The molecule has 1 saturated heterocycles. The molecule has 5 nitrogen and oxygen atoms in total. The number of hydrogen-bond acceptors (Lipinski definition) is 4. The smallest absolute Gasteiger partial charge is 0.254 e. The summed E-state index contributed by atoms with van der Waals surface area (Å²) < 4.78 is 19.6. The zero-order valence-corrected chi connectivity index (χ0v) is 12.6. The minimum Gasteiger partial charge on any atom is -0.470 e. The number of amides is 1. The molecule has 1 atom stereocenters. The number of allylic oxidation sites excluding steroid dienone is 1.